The molecule has 2 heterocycles. The summed E-state index contributed by atoms with van der Waals surface area (Å²) in [6.45, 7) is 5.07. The molecule has 0 N–H and O–H groups in total. The minimum atomic E-state index is -3.57. The maximum absolute atomic E-state index is 13.2. The molecule has 0 spiro atoms. The Bertz CT molecular complexity index is 1130. The van der Waals surface area contributed by atoms with Crippen LogP contribution in [0.5, 0.6) is 5.75 Å². The van der Waals surface area contributed by atoms with E-state index in [4.69, 9.17) is 9.15 Å². The average Bonchev–Trinajstić information content (AvgIpc) is 3.24. The number of hydrogen-bond donors (Lipinski definition) is 0. The van der Waals surface area contributed by atoms with Crippen molar-refractivity contribution >= 4 is 10.0 Å². The fourth-order valence-corrected chi connectivity index (χ4v) is 5.29. The number of sulfonamides is 1. The largest absolute Gasteiger partial charge is 0.497 e. The fourth-order valence-electron chi connectivity index (χ4n) is 3.57. The van der Waals surface area contributed by atoms with Crippen molar-refractivity contribution in [3.63, 3.8) is 0 Å². The van der Waals surface area contributed by atoms with Crippen LogP contribution in [0, 0.1) is 12.8 Å². The Hall–Kier alpha value is -2.71. The number of piperidine rings is 1. The van der Waals surface area contributed by atoms with Gasteiger partial charge in [0.05, 0.1) is 12.0 Å². The highest BCUT2D eigenvalue weighted by atomic mass is 32.2. The fraction of sp³-hybridized carbons (Fsp3) is 0.364. The molecule has 0 radical (unpaired) electrons. The third kappa shape index (κ3) is 3.97. The third-order valence-corrected chi connectivity index (χ3v) is 7.60. The van der Waals surface area contributed by atoms with Gasteiger partial charge in [0, 0.05) is 24.2 Å². The monoisotopic (exact) mass is 427 g/mol. The number of aromatic nitrogens is 2. The summed E-state index contributed by atoms with van der Waals surface area (Å²) in [7, 11) is -1.97. The molecule has 0 saturated carbocycles. The van der Waals surface area contributed by atoms with Crippen LogP contribution in [0.1, 0.15) is 25.3 Å². The average molecular weight is 428 g/mol. The molecule has 0 amide bonds. The molecule has 1 aliphatic rings. The summed E-state index contributed by atoms with van der Waals surface area (Å²) >= 11 is 0. The van der Waals surface area contributed by atoms with E-state index in [1.807, 2.05) is 24.3 Å². The molecule has 1 aromatic heterocycles. The van der Waals surface area contributed by atoms with Gasteiger partial charge in [0.15, 0.2) is 0 Å². The van der Waals surface area contributed by atoms with Crippen LogP contribution in [0.2, 0.25) is 0 Å². The summed E-state index contributed by atoms with van der Waals surface area (Å²) in [4.78, 5) is 0.291. The first-order valence-corrected chi connectivity index (χ1v) is 11.4. The highest BCUT2D eigenvalue weighted by Gasteiger charge is 2.29. The second-order valence-corrected chi connectivity index (χ2v) is 9.61. The van der Waals surface area contributed by atoms with Gasteiger partial charge in [0.2, 0.25) is 21.8 Å². The van der Waals surface area contributed by atoms with E-state index in [-0.39, 0.29) is 5.89 Å². The molecule has 0 unspecified atom stereocenters. The van der Waals surface area contributed by atoms with E-state index in [0.29, 0.717) is 40.9 Å². The first-order chi connectivity index (χ1) is 14.4. The molecule has 0 atom stereocenters. The number of aryl methyl sites for hydroxylation is 1. The van der Waals surface area contributed by atoms with Gasteiger partial charge < -0.3 is 9.15 Å². The van der Waals surface area contributed by atoms with E-state index in [0.717, 1.165) is 24.2 Å². The Kier molecular flexibility index (Phi) is 5.62. The Balaban J connectivity index is 1.64. The molecule has 158 valence electrons. The van der Waals surface area contributed by atoms with Gasteiger partial charge in [-0.1, -0.05) is 13.0 Å². The zero-order valence-electron chi connectivity index (χ0n) is 17.3. The molecule has 2 aromatic carbocycles. The highest BCUT2D eigenvalue weighted by molar-refractivity contribution is 7.89. The van der Waals surface area contributed by atoms with E-state index in [2.05, 4.69) is 17.1 Å². The topological polar surface area (TPSA) is 85.5 Å². The first kappa shape index (κ1) is 20.6. The minimum Gasteiger partial charge on any atom is -0.497 e. The van der Waals surface area contributed by atoms with Gasteiger partial charge in [0.25, 0.3) is 0 Å². The van der Waals surface area contributed by atoms with Crippen LogP contribution in [-0.4, -0.2) is 43.1 Å². The number of ether oxygens (including phenoxy) is 1. The molecule has 8 heteroatoms. The minimum absolute atomic E-state index is 0.282. The zero-order valence-corrected chi connectivity index (χ0v) is 18.1. The standard InChI is InChI=1S/C22H25N3O4S/c1-15-10-12-25(13-11-15)30(26,27)20-14-18(5-4-16(20)2)22-24-23-21(29-22)17-6-8-19(28-3)9-7-17/h4-9,14-15H,10-13H2,1-3H3. The lowest BCUT2D eigenvalue weighted by Gasteiger charge is -2.29. The van der Waals surface area contributed by atoms with E-state index < -0.39 is 10.0 Å². The molecule has 3 aromatic rings. The van der Waals surface area contributed by atoms with Crippen LogP contribution in [-0.2, 0) is 10.0 Å². The van der Waals surface area contributed by atoms with Crippen molar-refractivity contribution < 1.29 is 17.6 Å². The van der Waals surface area contributed by atoms with Crippen molar-refractivity contribution in [3.8, 4) is 28.7 Å². The van der Waals surface area contributed by atoms with Crippen molar-refractivity contribution in [3.05, 3.63) is 48.0 Å². The van der Waals surface area contributed by atoms with Crippen LogP contribution < -0.4 is 4.74 Å². The van der Waals surface area contributed by atoms with Gasteiger partial charge in [-0.05, 0) is 67.6 Å². The number of benzene rings is 2. The molecule has 4 rings (SSSR count). The van der Waals surface area contributed by atoms with Gasteiger partial charge in [-0.15, -0.1) is 10.2 Å². The zero-order chi connectivity index (χ0) is 21.3. The summed E-state index contributed by atoms with van der Waals surface area (Å²) < 4.78 is 39.0. The molecule has 0 bridgehead atoms. The first-order valence-electron chi connectivity index (χ1n) is 9.97. The lowest BCUT2D eigenvalue weighted by Crippen LogP contribution is -2.38. The Morgan fingerprint density at radius 3 is 2.23 bits per heavy atom. The van der Waals surface area contributed by atoms with Gasteiger partial charge in [-0.25, -0.2) is 8.42 Å². The normalized spacial score (nSPS) is 16.0. The summed E-state index contributed by atoms with van der Waals surface area (Å²) in [5.41, 5.74) is 2.04. The van der Waals surface area contributed by atoms with Gasteiger partial charge in [-0.2, -0.15) is 4.31 Å². The van der Waals surface area contributed by atoms with Crippen molar-refractivity contribution in [1.29, 1.82) is 0 Å². The van der Waals surface area contributed by atoms with Crippen molar-refractivity contribution in [2.24, 2.45) is 5.92 Å². The second-order valence-electron chi connectivity index (χ2n) is 7.71. The van der Waals surface area contributed by atoms with E-state index in [1.54, 1.807) is 36.5 Å². The summed E-state index contributed by atoms with van der Waals surface area (Å²) in [5, 5.41) is 8.24. The van der Waals surface area contributed by atoms with Gasteiger partial charge in [-0.3, -0.25) is 0 Å². The van der Waals surface area contributed by atoms with Gasteiger partial charge in [0.1, 0.15) is 5.75 Å². The smallest absolute Gasteiger partial charge is 0.248 e. The van der Waals surface area contributed by atoms with Crippen molar-refractivity contribution in [2.75, 3.05) is 20.2 Å². The maximum Gasteiger partial charge on any atom is 0.248 e. The predicted molar refractivity (Wildman–Crippen MR) is 114 cm³/mol. The van der Waals surface area contributed by atoms with E-state index in [1.165, 1.54) is 0 Å². The van der Waals surface area contributed by atoms with E-state index >= 15 is 0 Å². The van der Waals surface area contributed by atoms with Crippen molar-refractivity contribution in [1.82, 2.24) is 14.5 Å². The van der Waals surface area contributed by atoms with Crippen LogP contribution >= 0.6 is 0 Å². The molecular weight excluding hydrogens is 402 g/mol. The molecular formula is C22H25N3O4S. The number of hydrogen-bond acceptors (Lipinski definition) is 6. The van der Waals surface area contributed by atoms with Crippen molar-refractivity contribution in [2.45, 2.75) is 31.6 Å². The van der Waals surface area contributed by atoms with Crippen LogP contribution in [0.15, 0.2) is 51.8 Å². The van der Waals surface area contributed by atoms with Gasteiger partial charge >= 0.3 is 0 Å². The molecule has 30 heavy (non-hydrogen) atoms. The summed E-state index contributed by atoms with van der Waals surface area (Å²) in [6, 6.07) is 12.5. The van der Waals surface area contributed by atoms with Crippen LogP contribution in [0.25, 0.3) is 22.9 Å². The molecule has 0 aliphatic carbocycles. The van der Waals surface area contributed by atoms with Crippen LogP contribution in [0.4, 0.5) is 0 Å². The lowest BCUT2D eigenvalue weighted by atomic mass is 10.0. The molecule has 7 nitrogen and oxygen atoms in total. The Morgan fingerprint density at radius 2 is 1.60 bits per heavy atom. The molecule has 1 fully saturated rings. The summed E-state index contributed by atoms with van der Waals surface area (Å²) in [6.07, 6.45) is 1.76. The molecule has 1 saturated heterocycles. The SMILES string of the molecule is COc1ccc(-c2nnc(-c3ccc(C)c(S(=O)(=O)N4CCC(C)CC4)c3)o2)cc1. The maximum atomic E-state index is 13.2. The third-order valence-electron chi connectivity index (χ3n) is 5.56. The Morgan fingerprint density at radius 1 is 1.00 bits per heavy atom. The predicted octanol–water partition coefficient (Wildman–Crippen LogP) is 4.14. The van der Waals surface area contributed by atoms with E-state index in [9.17, 15) is 8.42 Å². The second kappa shape index (κ2) is 8.20. The number of rotatable bonds is 5. The summed E-state index contributed by atoms with van der Waals surface area (Å²) in [5.74, 6) is 1.94. The number of methoxy groups -OCH3 is 1. The number of nitrogens with zero attached hydrogens (tertiary/aromatic N) is 3. The highest BCUT2D eigenvalue weighted by Crippen LogP contribution is 2.30. The van der Waals surface area contributed by atoms with Crippen LogP contribution in [0.3, 0.4) is 0 Å². The lowest BCUT2D eigenvalue weighted by molar-refractivity contribution is 0.288. The Labute approximate surface area is 176 Å². The quantitative estimate of drug-likeness (QED) is 0.608. The molecule has 1 aliphatic heterocycles.